The molecular weight excluding hydrogens is 319 g/mol. The van der Waals surface area contributed by atoms with Gasteiger partial charge in [-0.15, -0.1) is 0 Å². The maximum atomic E-state index is 2.29. The monoisotopic (exact) mass is 334 g/mol. The van der Waals surface area contributed by atoms with E-state index in [0.717, 1.165) is 0 Å². The fraction of sp³-hybridized carbons (Fsp3) is 0.333. The van der Waals surface area contributed by atoms with Crippen molar-refractivity contribution in [3.05, 3.63) is 44.2 Å². The van der Waals surface area contributed by atoms with Gasteiger partial charge in [0.25, 0.3) is 0 Å². The van der Waals surface area contributed by atoms with E-state index in [9.17, 15) is 0 Å². The molecule has 0 nitrogen and oxygen atoms in total. The summed E-state index contributed by atoms with van der Waals surface area (Å²) >= 11 is 2.37. The van der Waals surface area contributed by atoms with E-state index < -0.39 is 0 Å². The summed E-state index contributed by atoms with van der Waals surface area (Å²) in [6, 6.07) is 0. The van der Waals surface area contributed by atoms with E-state index in [0.29, 0.717) is 0 Å². The van der Waals surface area contributed by atoms with E-state index in [-0.39, 0.29) is 19.2 Å². The van der Waals surface area contributed by atoms with E-state index >= 15 is 0 Å². The van der Waals surface area contributed by atoms with Crippen LogP contribution in [0.1, 0.15) is 19.8 Å². The van der Waals surface area contributed by atoms with Crippen LogP contribution in [-0.2, 0) is 19.2 Å². The molecule has 2 aliphatic carbocycles. The summed E-state index contributed by atoms with van der Waals surface area (Å²) in [6.07, 6.45) is 15.9. The second-order valence-corrected chi connectivity index (χ2v) is 6.96. The SMILES string of the molecule is C1=CC[C]([Ti][C]2=CC=CC2)=C1.CCI. The Bertz CT molecular complexity index is 257. The zero-order valence-electron chi connectivity index (χ0n) is 8.46. The van der Waals surface area contributed by atoms with Crippen molar-refractivity contribution in [3.63, 3.8) is 0 Å². The van der Waals surface area contributed by atoms with Gasteiger partial charge < -0.3 is 0 Å². The van der Waals surface area contributed by atoms with Crippen molar-refractivity contribution in [1.82, 2.24) is 0 Å². The molecule has 2 rings (SSSR count). The molecular formula is C12H15ITi. The van der Waals surface area contributed by atoms with Crippen LogP contribution in [0.15, 0.2) is 44.2 Å². The Hall–Kier alpha value is 0.404. The van der Waals surface area contributed by atoms with Gasteiger partial charge in [0.15, 0.2) is 0 Å². The van der Waals surface area contributed by atoms with E-state index in [1.807, 2.05) is 0 Å². The Morgan fingerprint density at radius 1 is 1.14 bits per heavy atom. The quantitative estimate of drug-likeness (QED) is 0.403. The Kier molecular flexibility index (Phi) is 6.83. The summed E-state index contributed by atoms with van der Waals surface area (Å²) in [5.74, 6) is 0. The second-order valence-electron chi connectivity index (χ2n) is 3.04. The van der Waals surface area contributed by atoms with Crippen molar-refractivity contribution in [3.8, 4) is 0 Å². The molecule has 74 valence electrons. The Labute approximate surface area is 109 Å². The van der Waals surface area contributed by atoms with Crippen molar-refractivity contribution in [2.45, 2.75) is 19.8 Å². The van der Waals surface area contributed by atoms with Crippen LogP contribution in [-0.4, -0.2) is 4.43 Å². The first-order chi connectivity index (χ1) is 6.86. The van der Waals surface area contributed by atoms with E-state index in [2.05, 4.69) is 66.0 Å². The van der Waals surface area contributed by atoms with Crippen LogP contribution >= 0.6 is 22.6 Å². The Balaban J connectivity index is 0.000000293. The van der Waals surface area contributed by atoms with Crippen LogP contribution in [0.5, 0.6) is 0 Å². The van der Waals surface area contributed by atoms with Gasteiger partial charge in [0.1, 0.15) is 0 Å². The summed E-state index contributed by atoms with van der Waals surface area (Å²) in [5.41, 5.74) is 0. The largest absolute Gasteiger partial charge is 0.0867 e. The molecule has 0 saturated heterocycles. The summed E-state index contributed by atoms with van der Waals surface area (Å²) in [5, 5.41) is 0. The van der Waals surface area contributed by atoms with Crippen molar-refractivity contribution >= 4 is 22.6 Å². The van der Waals surface area contributed by atoms with E-state index in [4.69, 9.17) is 0 Å². The molecule has 0 aromatic carbocycles. The number of rotatable bonds is 2. The first kappa shape index (κ1) is 12.5. The second kappa shape index (κ2) is 7.66. The van der Waals surface area contributed by atoms with Gasteiger partial charge in [0, 0.05) is 0 Å². The summed E-state index contributed by atoms with van der Waals surface area (Å²) < 4.78 is 4.58. The molecule has 0 aromatic heterocycles. The smallest absolute Gasteiger partial charge is 0.00332 e. The standard InChI is InChI=1S/2C5H5.C2H5I.Ti/c2*1-2-4-5-3-1;1-2-3;/h2*1-3H,4H2;2H2,1H3;. The first-order valence-corrected chi connectivity index (χ1v) is 8.00. The maximum Gasteiger partial charge on any atom is -0.00332 e. The van der Waals surface area contributed by atoms with Gasteiger partial charge in [-0.25, -0.2) is 0 Å². The van der Waals surface area contributed by atoms with Crippen molar-refractivity contribution in [2.75, 3.05) is 4.43 Å². The minimum Gasteiger partial charge on any atom is -0.0867 e. The predicted molar refractivity (Wildman–Crippen MR) is 68.2 cm³/mol. The summed E-state index contributed by atoms with van der Waals surface area (Å²) in [4.78, 5) is 0. The fourth-order valence-corrected chi connectivity index (χ4v) is 3.18. The molecule has 0 amide bonds. The summed E-state index contributed by atoms with van der Waals surface area (Å²) in [7, 11) is 0. The summed E-state index contributed by atoms with van der Waals surface area (Å²) in [6.45, 7) is 2.11. The molecule has 0 radical (unpaired) electrons. The van der Waals surface area contributed by atoms with Gasteiger partial charge in [0.05, 0.1) is 0 Å². The number of hydrogen-bond acceptors (Lipinski definition) is 0. The fourth-order valence-electron chi connectivity index (χ4n) is 1.29. The molecule has 0 atom stereocenters. The molecule has 0 N–H and O–H groups in total. The molecule has 0 fully saturated rings. The molecule has 0 aliphatic heterocycles. The van der Waals surface area contributed by atoms with Crippen LogP contribution in [0.25, 0.3) is 0 Å². The van der Waals surface area contributed by atoms with E-state index in [1.165, 1.54) is 17.3 Å². The van der Waals surface area contributed by atoms with Gasteiger partial charge in [-0.05, 0) is 4.43 Å². The van der Waals surface area contributed by atoms with Gasteiger partial charge in [-0.2, -0.15) is 0 Å². The first-order valence-electron chi connectivity index (χ1n) is 4.91. The maximum absolute atomic E-state index is 2.29. The number of halogens is 1. The van der Waals surface area contributed by atoms with Gasteiger partial charge in [0.2, 0.25) is 0 Å². The molecule has 0 bridgehead atoms. The molecule has 0 spiro atoms. The van der Waals surface area contributed by atoms with Crippen LogP contribution in [0.4, 0.5) is 0 Å². The molecule has 14 heavy (non-hydrogen) atoms. The molecule has 0 heterocycles. The third kappa shape index (κ3) is 4.76. The Morgan fingerprint density at radius 2 is 1.57 bits per heavy atom. The third-order valence-electron chi connectivity index (χ3n) is 1.86. The topological polar surface area (TPSA) is 0 Å². The predicted octanol–water partition coefficient (Wildman–Crippen LogP) is 4.20. The van der Waals surface area contributed by atoms with Crippen molar-refractivity contribution in [2.24, 2.45) is 0 Å². The van der Waals surface area contributed by atoms with Crippen LogP contribution < -0.4 is 0 Å². The van der Waals surface area contributed by atoms with Crippen LogP contribution in [0, 0.1) is 0 Å². The van der Waals surface area contributed by atoms with E-state index in [1.54, 1.807) is 7.76 Å². The number of alkyl halides is 1. The molecule has 2 heteroatoms. The van der Waals surface area contributed by atoms with Gasteiger partial charge >= 0.3 is 76.2 Å². The third-order valence-corrected chi connectivity index (χ3v) is 4.02. The number of allylic oxidation sites excluding steroid dienone is 8. The molecule has 2 aliphatic rings. The number of hydrogen-bond donors (Lipinski definition) is 0. The zero-order chi connectivity index (χ0) is 10.2. The van der Waals surface area contributed by atoms with Crippen LogP contribution in [0.3, 0.4) is 0 Å². The minimum atomic E-state index is 0.0833. The van der Waals surface area contributed by atoms with Gasteiger partial charge in [-0.1, -0.05) is 29.5 Å². The average Bonchev–Trinajstić information content (AvgIpc) is 2.79. The van der Waals surface area contributed by atoms with Crippen molar-refractivity contribution < 1.29 is 19.2 Å². The molecule has 0 saturated carbocycles. The average molecular weight is 334 g/mol. The Morgan fingerprint density at radius 3 is 1.86 bits per heavy atom. The van der Waals surface area contributed by atoms with Gasteiger partial charge in [-0.3, -0.25) is 0 Å². The minimum absolute atomic E-state index is 0.0833. The normalized spacial score (nSPS) is 17.3. The molecule has 0 aromatic rings. The molecule has 0 unspecified atom stereocenters. The van der Waals surface area contributed by atoms with Crippen LogP contribution in [0.2, 0.25) is 0 Å². The zero-order valence-corrected chi connectivity index (χ0v) is 12.2. The van der Waals surface area contributed by atoms with Crippen molar-refractivity contribution in [1.29, 1.82) is 0 Å².